The standard InChI is InChI=1S/C27H47NO2/c1-2-3-4-5-6-7-8-9-10-11-12-13-14-15-16-17-18-23-28-26-21-19-25(20-22-26)24-27(29)30/h19-22,28H,2-18,23-24H2,1H3,(H,29,30). The molecule has 0 saturated heterocycles. The van der Waals surface area contributed by atoms with Crippen LogP contribution in [0.1, 0.15) is 122 Å². The normalized spacial score (nSPS) is 11.0. The van der Waals surface area contributed by atoms with Gasteiger partial charge in [0.05, 0.1) is 6.42 Å². The second-order valence-corrected chi connectivity index (χ2v) is 8.85. The average Bonchev–Trinajstić information content (AvgIpc) is 2.73. The number of anilines is 1. The van der Waals surface area contributed by atoms with Crippen LogP contribution >= 0.6 is 0 Å². The molecule has 0 aliphatic heterocycles. The van der Waals surface area contributed by atoms with Crippen molar-refractivity contribution in [3.8, 4) is 0 Å². The van der Waals surface area contributed by atoms with Gasteiger partial charge in [0.1, 0.15) is 0 Å². The highest BCUT2D eigenvalue weighted by molar-refractivity contribution is 5.70. The molecule has 172 valence electrons. The van der Waals surface area contributed by atoms with Crippen molar-refractivity contribution in [1.82, 2.24) is 0 Å². The predicted octanol–water partition coefficient (Wildman–Crippen LogP) is 8.38. The van der Waals surface area contributed by atoms with E-state index in [-0.39, 0.29) is 6.42 Å². The highest BCUT2D eigenvalue weighted by atomic mass is 16.4. The van der Waals surface area contributed by atoms with Crippen molar-refractivity contribution < 1.29 is 9.90 Å². The van der Waals surface area contributed by atoms with Gasteiger partial charge in [-0.25, -0.2) is 0 Å². The van der Waals surface area contributed by atoms with Gasteiger partial charge >= 0.3 is 5.97 Å². The molecule has 0 bridgehead atoms. The van der Waals surface area contributed by atoms with E-state index in [1.807, 2.05) is 24.3 Å². The van der Waals surface area contributed by atoms with E-state index in [1.54, 1.807) is 0 Å². The Morgan fingerprint density at radius 2 is 1.07 bits per heavy atom. The molecule has 2 N–H and O–H groups in total. The van der Waals surface area contributed by atoms with Gasteiger partial charge in [0.2, 0.25) is 0 Å². The van der Waals surface area contributed by atoms with Crippen LogP contribution in [0.2, 0.25) is 0 Å². The van der Waals surface area contributed by atoms with Gasteiger partial charge in [-0.1, -0.05) is 122 Å². The molecule has 0 aliphatic carbocycles. The number of hydrogen-bond acceptors (Lipinski definition) is 2. The molecule has 1 rings (SSSR count). The first-order valence-electron chi connectivity index (χ1n) is 12.8. The lowest BCUT2D eigenvalue weighted by molar-refractivity contribution is -0.136. The third-order valence-corrected chi connectivity index (χ3v) is 5.92. The molecule has 1 aromatic rings. The smallest absolute Gasteiger partial charge is 0.307 e. The van der Waals surface area contributed by atoms with E-state index in [4.69, 9.17) is 5.11 Å². The van der Waals surface area contributed by atoms with Gasteiger partial charge in [-0.05, 0) is 24.1 Å². The molecular formula is C27H47NO2. The molecule has 3 nitrogen and oxygen atoms in total. The van der Waals surface area contributed by atoms with Crippen LogP contribution in [-0.4, -0.2) is 17.6 Å². The Balaban J connectivity index is 1.79. The third kappa shape index (κ3) is 16.3. The second-order valence-electron chi connectivity index (χ2n) is 8.85. The quantitative estimate of drug-likeness (QED) is 0.197. The molecule has 0 unspecified atom stereocenters. The van der Waals surface area contributed by atoms with Gasteiger partial charge in [0.15, 0.2) is 0 Å². The van der Waals surface area contributed by atoms with Crippen molar-refractivity contribution in [2.24, 2.45) is 0 Å². The van der Waals surface area contributed by atoms with Crippen LogP contribution in [0, 0.1) is 0 Å². The first-order chi connectivity index (χ1) is 14.7. The molecule has 0 amide bonds. The average molecular weight is 418 g/mol. The van der Waals surface area contributed by atoms with Crippen LogP contribution in [0.4, 0.5) is 5.69 Å². The Morgan fingerprint density at radius 1 is 0.667 bits per heavy atom. The van der Waals surface area contributed by atoms with E-state index in [9.17, 15) is 4.79 Å². The van der Waals surface area contributed by atoms with Crippen LogP contribution < -0.4 is 5.32 Å². The summed E-state index contributed by atoms with van der Waals surface area (Å²) in [4.78, 5) is 10.7. The number of unbranched alkanes of at least 4 members (excludes halogenated alkanes) is 16. The molecule has 0 spiro atoms. The molecule has 0 atom stereocenters. The predicted molar refractivity (Wildman–Crippen MR) is 130 cm³/mol. The summed E-state index contributed by atoms with van der Waals surface area (Å²) in [5.41, 5.74) is 1.94. The minimum absolute atomic E-state index is 0.0967. The van der Waals surface area contributed by atoms with E-state index in [1.165, 1.54) is 109 Å². The Hall–Kier alpha value is -1.51. The van der Waals surface area contributed by atoms with Gasteiger partial charge in [-0.15, -0.1) is 0 Å². The van der Waals surface area contributed by atoms with Gasteiger partial charge in [-0.2, -0.15) is 0 Å². The lowest BCUT2D eigenvalue weighted by Gasteiger charge is -2.07. The number of nitrogens with one attached hydrogen (secondary N) is 1. The second kappa shape index (κ2) is 19.5. The van der Waals surface area contributed by atoms with Crippen molar-refractivity contribution >= 4 is 11.7 Å². The number of carboxylic acids is 1. The summed E-state index contributed by atoms with van der Waals surface area (Å²) in [7, 11) is 0. The van der Waals surface area contributed by atoms with Crippen LogP contribution in [0.5, 0.6) is 0 Å². The minimum Gasteiger partial charge on any atom is -0.481 e. The molecule has 3 heteroatoms. The zero-order chi connectivity index (χ0) is 21.7. The number of carbonyl (C=O) groups is 1. The Morgan fingerprint density at radius 3 is 1.47 bits per heavy atom. The monoisotopic (exact) mass is 417 g/mol. The highest BCUT2D eigenvalue weighted by Gasteiger charge is 2.00. The van der Waals surface area contributed by atoms with Crippen LogP contribution in [0.3, 0.4) is 0 Å². The maximum absolute atomic E-state index is 10.7. The number of carboxylic acid groups (broad SMARTS) is 1. The molecule has 0 aliphatic rings. The summed E-state index contributed by atoms with van der Waals surface area (Å²) in [6.45, 7) is 3.28. The molecule has 0 saturated carbocycles. The van der Waals surface area contributed by atoms with Gasteiger partial charge < -0.3 is 10.4 Å². The highest BCUT2D eigenvalue weighted by Crippen LogP contribution is 2.14. The Kier molecular flexibility index (Phi) is 17.2. The van der Waals surface area contributed by atoms with Crippen molar-refractivity contribution in [2.75, 3.05) is 11.9 Å². The van der Waals surface area contributed by atoms with Crippen LogP contribution in [-0.2, 0) is 11.2 Å². The number of benzene rings is 1. The van der Waals surface area contributed by atoms with E-state index in [0.717, 1.165) is 17.8 Å². The van der Waals surface area contributed by atoms with E-state index in [2.05, 4.69) is 12.2 Å². The van der Waals surface area contributed by atoms with Gasteiger partial charge in [0, 0.05) is 12.2 Å². The summed E-state index contributed by atoms with van der Waals surface area (Å²) in [6.07, 6.45) is 23.9. The summed E-state index contributed by atoms with van der Waals surface area (Å²) in [5, 5.41) is 12.2. The number of rotatable bonds is 21. The summed E-state index contributed by atoms with van der Waals surface area (Å²) in [5.74, 6) is -0.779. The summed E-state index contributed by atoms with van der Waals surface area (Å²) >= 11 is 0. The van der Waals surface area contributed by atoms with E-state index in [0.29, 0.717) is 0 Å². The Labute approximate surface area is 186 Å². The van der Waals surface area contributed by atoms with Crippen molar-refractivity contribution in [1.29, 1.82) is 0 Å². The third-order valence-electron chi connectivity index (χ3n) is 5.92. The lowest BCUT2D eigenvalue weighted by atomic mass is 10.0. The summed E-state index contributed by atoms with van der Waals surface area (Å²) < 4.78 is 0. The fourth-order valence-corrected chi connectivity index (χ4v) is 4.00. The molecular weight excluding hydrogens is 370 g/mol. The lowest BCUT2D eigenvalue weighted by Crippen LogP contribution is -2.03. The molecule has 30 heavy (non-hydrogen) atoms. The minimum atomic E-state index is -0.779. The molecule has 0 fully saturated rings. The number of hydrogen-bond donors (Lipinski definition) is 2. The first kappa shape index (κ1) is 26.5. The van der Waals surface area contributed by atoms with Crippen molar-refractivity contribution in [3.63, 3.8) is 0 Å². The van der Waals surface area contributed by atoms with Gasteiger partial charge in [-0.3, -0.25) is 4.79 Å². The van der Waals surface area contributed by atoms with Gasteiger partial charge in [0.25, 0.3) is 0 Å². The molecule has 0 heterocycles. The Bertz CT molecular complexity index is 512. The zero-order valence-corrected chi connectivity index (χ0v) is 19.6. The zero-order valence-electron chi connectivity index (χ0n) is 19.6. The maximum atomic E-state index is 10.7. The first-order valence-corrected chi connectivity index (χ1v) is 12.8. The van der Waals surface area contributed by atoms with E-state index >= 15 is 0 Å². The fourth-order valence-electron chi connectivity index (χ4n) is 4.00. The fraction of sp³-hybridized carbons (Fsp3) is 0.741. The van der Waals surface area contributed by atoms with Crippen molar-refractivity contribution in [2.45, 2.75) is 122 Å². The largest absolute Gasteiger partial charge is 0.481 e. The SMILES string of the molecule is CCCCCCCCCCCCCCCCCCCNc1ccc(CC(=O)O)cc1. The van der Waals surface area contributed by atoms with Crippen LogP contribution in [0.15, 0.2) is 24.3 Å². The molecule has 1 aromatic carbocycles. The number of aliphatic carboxylic acids is 1. The summed E-state index contributed by atoms with van der Waals surface area (Å²) in [6, 6.07) is 7.74. The van der Waals surface area contributed by atoms with Crippen LogP contribution in [0.25, 0.3) is 0 Å². The van der Waals surface area contributed by atoms with Crippen molar-refractivity contribution in [3.05, 3.63) is 29.8 Å². The molecule has 0 aromatic heterocycles. The molecule has 0 radical (unpaired) electrons. The van der Waals surface area contributed by atoms with E-state index < -0.39 is 5.97 Å². The topological polar surface area (TPSA) is 49.3 Å². The maximum Gasteiger partial charge on any atom is 0.307 e.